The van der Waals surface area contributed by atoms with E-state index in [1.807, 2.05) is 31.8 Å². The lowest BCUT2D eigenvalue weighted by Gasteiger charge is -2.22. The smallest absolute Gasteiger partial charge is 0.193 e. The van der Waals surface area contributed by atoms with Crippen molar-refractivity contribution >= 4 is 5.96 Å². The number of likely N-dealkylation sites (tertiary alicyclic amines) is 1. The van der Waals surface area contributed by atoms with Gasteiger partial charge >= 0.3 is 0 Å². The zero-order chi connectivity index (χ0) is 21.3. The Morgan fingerprint density at radius 2 is 1.90 bits per heavy atom. The first-order valence-electron chi connectivity index (χ1n) is 10.9. The lowest BCUT2D eigenvalue weighted by molar-refractivity contribution is 0.0906. The molecule has 0 saturated carbocycles. The molecule has 0 radical (unpaired) electrons. The van der Waals surface area contributed by atoms with Gasteiger partial charge in [-0.25, -0.2) is 4.98 Å². The number of nitrogens with zero attached hydrogens (tertiary/aromatic N) is 4. The van der Waals surface area contributed by atoms with E-state index in [2.05, 4.69) is 73.3 Å². The molecule has 31 heavy (non-hydrogen) atoms. The van der Waals surface area contributed by atoms with E-state index >= 15 is 0 Å². The van der Waals surface area contributed by atoms with Crippen molar-refractivity contribution in [3.63, 3.8) is 0 Å². The normalized spacial score (nSPS) is 16.6. The Bertz CT molecular complexity index is 938. The summed E-state index contributed by atoms with van der Waals surface area (Å²) in [6.07, 6.45) is 6.77. The van der Waals surface area contributed by atoms with Gasteiger partial charge in [-0.3, -0.25) is 4.99 Å². The van der Waals surface area contributed by atoms with Crippen LogP contribution in [0.5, 0.6) is 0 Å². The Morgan fingerprint density at radius 3 is 2.65 bits per heavy atom. The summed E-state index contributed by atoms with van der Waals surface area (Å²) in [6.45, 7) is 5.09. The summed E-state index contributed by atoms with van der Waals surface area (Å²) >= 11 is 0. The lowest BCUT2D eigenvalue weighted by Crippen LogP contribution is -2.39. The Balaban J connectivity index is 1.20. The Labute approximate surface area is 184 Å². The maximum atomic E-state index is 5.95. The largest absolute Gasteiger partial charge is 0.376 e. The minimum Gasteiger partial charge on any atom is -0.376 e. The molecule has 0 spiro atoms. The summed E-state index contributed by atoms with van der Waals surface area (Å²) in [5.74, 6) is 1.51. The Kier molecular flexibility index (Phi) is 7.34. The average molecular weight is 418 g/mol. The van der Waals surface area contributed by atoms with Crippen LogP contribution in [-0.2, 0) is 24.4 Å². The Hall–Kier alpha value is -3.12. The molecule has 3 aromatic rings. The van der Waals surface area contributed by atoms with Crippen molar-refractivity contribution in [2.75, 3.05) is 26.7 Å². The summed E-state index contributed by atoms with van der Waals surface area (Å²) in [5.41, 5.74) is 3.74. The van der Waals surface area contributed by atoms with Crippen LogP contribution in [-0.4, -0.2) is 47.2 Å². The number of nitrogens with one attached hydrogen (secondary N) is 1. The number of aromatic nitrogens is 2. The van der Waals surface area contributed by atoms with Crippen LogP contribution in [0.4, 0.5) is 0 Å². The molecule has 1 unspecified atom stereocenters. The zero-order valence-electron chi connectivity index (χ0n) is 18.2. The van der Waals surface area contributed by atoms with E-state index in [4.69, 9.17) is 4.74 Å². The maximum absolute atomic E-state index is 5.95. The van der Waals surface area contributed by atoms with Crippen LogP contribution < -0.4 is 5.32 Å². The number of benzene rings is 2. The molecule has 1 aromatic heterocycles. The number of ether oxygens (including phenoxy) is 1. The third kappa shape index (κ3) is 6.18. The molecule has 1 atom stereocenters. The fourth-order valence-corrected chi connectivity index (χ4v) is 3.95. The second-order valence-corrected chi connectivity index (χ2v) is 8.05. The third-order valence-corrected chi connectivity index (χ3v) is 5.66. The predicted molar refractivity (Wildman–Crippen MR) is 124 cm³/mol. The first-order valence-corrected chi connectivity index (χ1v) is 10.9. The zero-order valence-corrected chi connectivity index (χ0v) is 18.2. The van der Waals surface area contributed by atoms with Crippen LogP contribution in [0.2, 0.25) is 0 Å². The van der Waals surface area contributed by atoms with Crippen LogP contribution in [0, 0.1) is 5.92 Å². The number of rotatable bonds is 8. The van der Waals surface area contributed by atoms with Crippen LogP contribution >= 0.6 is 0 Å². The van der Waals surface area contributed by atoms with Gasteiger partial charge < -0.3 is 19.5 Å². The standard InChI is InChI=1S/C25H31N5O/c1-26-25(28-15-21-7-9-22(10-8-21)16-29-14-12-27-20-29)30-13-11-24(17-30)19-31-18-23-5-3-2-4-6-23/h2-10,12,14,20,24H,11,13,15-19H2,1H3,(H,26,28). The van der Waals surface area contributed by atoms with Gasteiger partial charge in [-0.15, -0.1) is 0 Å². The number of guanidine groups is 1. The van der Waals surface area contributed by atoms with Crippen LogP contribution in [0.25, 0.3) is 0 Å². The summed E-state index contributed by atoms with van der Waals surface area (Å²) in [7, 11) is 1.86. The highest BCUT2D eigenvalue weighted by molar-refractivity contribution is 5.80. The molecule has 0 amide bonds. The minimum atomic E-state index is 0.546. The SMILES string of the molecule is CN=C(NCc1ccc(Cn2ccnc2)cc1)N1CCC(COCc2ccccc2)C1. The van der Waals surface area contributed by atoms with Gasteiger partial charge in [-0.2, -0.15) is 0 Å². The van der Waals surface area contributed by atoms with Gasteiger partial charge in [0.25, 0.3) is 0 Å². The molecular weight excluding hydrogens is 386 g/mol. The maximum Gasteiger partial charge on any atom is 0.193 e. The molecule has 1 N–H and O–H groups in total. The lowest BCUT2D eigenvalue weighted by atomic mass is 10.1. The molecule has 1 aliphatic heterocycles. The summed E-state index contributed by atoms with van der Waals surface area (Å²) < 4.78 is 8.02. The van der Waals surface area contributed by atoms with Crippen molar-refractivity contribution in [1.82, 2.24) is 19.8 Å². The highest BCUT2D eigenvalue weighted by Crippen LogP contribution is 2.17. The Morgan fingerprint density at radius 1 is 1.10 bits per heavy atom. The van der Waals surface area contributed by atoms with Gasteiger partial charge in [-0.1, -0.05) is 54.6 Å². The molecule has 0 bridgehead atoms. The van der Waals surface area contributed by atoms with E-state index in [1.54, 1.807) is 0 Å². The van der Waals surface area contributed by atoms with Crippen molar-refractivity contribution in [1.29, 1.82) is 0 Å². The van der Waals surface area contributed by atoms with Gasteiger partial charge in [0.1, 0.15) is 0 Å². The molecule has 162 valence electrons. The molecule has 0 aliphatic carbocycles. The van der Waals surface area contributed by atoms with Gasteiger partial charge in [0.05, 0.1) is 19.5 Å². The number of imidazole rings is 1. The van der Waals surface area contributed by atoms with Crippen LogP contribution in [0.1, 0.15) is 23.1 Å². The van der Waals surface area contributed by atoms with E-state index in [-0.39, 0.29) is 0 Å². The predicted octanol–water partition coefficient (Wildman–Crippen LogP) is 3.55. The van der Waals surface area contributed by atoms with E-state index in [0.29, 0.717) is 12.5 Å². The van der Waals surface area contributed by atoms with Gasteiger partial charge in [-0.05, 0) is 23.1 Å². The second-order valence-electron chi connectivity index (χ2n) is 8.05. The van der Waals surface area contributed by atoms with Crippen molar-refractivity contribution in [2.45, 2.75) is 26.1 Å². The highest BCUT2D eigenvalue weighted by atomic mass is 16.5. The molecular formula is C25H31N5O. The fourth-order valence-electron chi connectivity index (χ4n) is 3.95. The monoisotopic (exact) mass is 417 g/mol. The second kappa shape index (κ2) is 10.8. The topological polar surface area (TPSA) is 54.7 Å². The summed E-state index contributed by atoms with van der Waals surface area (Å²) in [6, 6.07) is 19.1. The minimum absolute atomic E-state index is 0.546. The van der Waals surface area contributed by atoms with E-state index in [1.165, 1.54) is 16.7 Å². The molecule has 6 nitrogen and oxygen atoms in total. The molecule has 6 heteroatoms. The van der Waals surface area contributed by atoms with Crippen molar-refractivity contribution in [2.24, 2.45) is 10.9 Å². The third-order valence-electron chi connectivity index (χ3n) is 5.66. The molecule has 1 saturated heterocycles. The molecule has 2 heterocycles. The summed E-state index contributed by atoms with van der Waals surface area (Å²) in [5, 5.41) is 3.52. The fraction of sp³-hybridized carbons (Fsp3) is 0.360. The first-order chi connectivity index (χ1) is 15.3. The molecule has 1 aliphatic rings. The average Bonchev–Trinajstić information content (AvgIpc) is 3.49. The molecule has 2 aromatic carbocycles. The van der Waals surface area contributed by atoms with Gasteiger partial charge in [0.15, 0.2) is 5.96 Å². The van der Waals surface area contributed by atoms with Crippen molar-refractivity contribution in [3.05, 3.63) is 90.0 Å². The number of hydrogen-bond acceptors (Lipinski definition) is 3. The highest BCUT2D eigenvalue weighted by Gasteiger charge is 2.24. The number of aliphatic imine (C=N–C) groups is 1. The van der Waals surface area contributed by atoms with E-state index in [0.717, 1.165) is 45.2 Å². The van der Waals surface area contributed by atoms with E-state index in [9.17, 15) is 0 Å². The van der Waals surface area contributed by atoms with Crippen molar-refractivity contribution in [3.8, 4) is 0 Å². The van der Waals surface area contributed by atoms with E-state index < -0.39 is 0 Å². The number of hydrogen-bond donors (Lipinski definition) is 1. The van der Waals surface area contributed by atoms with Gasteiger partial charge in [0.2, 0.25) is 0 Å². The van der Waals surface area contributed by atoms with Crippen molar-refractivity contribution < 1.29 is 4.74 Å². The molecule has 4 rings (SSSR count). The molecule has 1 fully saturated rings. The van der Waals surface area contributed by atoms with Gasteiger partial charge in [0, 0.05) is 51.5 Å². The quantitative estimate of drug-likeness (QED) is 0.450. The first kappa shape index (κ1) is 21.1. The van der Waals surface area contributed by atoms with Crippen LogP contribution in [0.3, 0.4) is 0 Å². The summed E-state index contributed by atoms with van der Waals surface area (Å²) in [4.78, 5) is 10.9. The van der Waals surface area contributed by atoms with Crippen LogP contribution in [0.15, 0.2) is 78.3 Å².